The Morgan fingerprint density at radius 2 is 1.60 bits per heavy atom. The van der Waals surface area contributed by atoms with Gasteiger partial charge in [0.2, 0.25) is 11.7 Å². The van der Waals surface area contributed by atoms with E-state index in [9.17, 15) is 18.4 Å². The van der Waals surface area contributed by atoms with Crippen LogP contribution in [0.4, 0.5) is 14.5 Å². The van der Waals surface area contributed by atoms with E-state index in [0.29, 0.717) is 29.2 Å². The van der Waals surface area contributed by atoms with E-state index in [1.165, 1.54) is 53.4 Å². The van der Waals surface area contributed by atoms with E-state index in [2.05, 4.69) is 20.7 Å². The van der Waals surface area contributed by atoms with Crippen molar-refractivity contribution in [3.63, 3.8) is 0 Å². The molecule has 1 aliphatic carbocycles. The van der Waals surface area contributed by atoms with Gasteiger partial charge in [0.05, 0.1) is 6.61 Å². The van der Waals surface area contributed by atoms with Gasteiger partial charge in [-0.2, -0.15) is 4.80 Å². The Balaban J connectivity index is 1.49. The SMILES string of the molecule is CCOc1ccc(C(C(=O)NC2CCCCC2)N(C(=O)Cn2nnc(-c3ccc(F)cc3)n2)c2ccc(F)cc2)cc1. The first-order valence-corrected chi connectivity index (χ1v) is 14.1. The number of amides is 2. The maximum Gasteiger partial charge on any atom is 0.251 e. The highest BCUT2D eigenvalue weighted by molar-refractivity contribution is 6.01. The lowest BCUT2D eigenvalue weighted by Crippen LogP contribution is -2.48. The van der Waals surface area contributed by atoms with Gasteiger partial charge >= 0.3 is 0 Å². The van der Waals surface area contributed by atoms with Gasteiger partial charge in [0, 0.05) is 17.3 Å². The summed E-state index contributed by atoms with van der Waals surface area (Å²) in [5.41, 5.74) is 1.42. The molecule has 1 unspecified atom stereocenters. The van der Waals surface area contributed by atoms with Crippen LogP contribution >= 0.6 is 0 Å². The number of halogens is 2. The molecule has 2 amide bonds. The van der Waals surface area contributed by atoms with Crippen LogP contribution < -0.4 is 15.0 Å². The Morgan fingerprint density at radius 1 is 0.952 bits per heavy atom. The lowest BCUT2D eigenvalue weighted by Gasteiger charge is -2.33. The van der Waals surface area contributed by atoms with Crippen LogP contribution in [0.25, 0.3) is 11.4 Å². The van der Waals surface area contributed by atoms with Crippen LogP contribution in [0.2, 0.25) is 0 Å². The van der Waals surface area contributed by atoms with Crippen LogP contribution in [0.5, 0.6) is 5.75 Å². The van der Waals surface area contributed by atoms with E-state index in [1.807, 2.05) is 6.92 Å². The van der Waals surface area contributed by atoms with Crippen LogP contribution in [-0.2, 0) is 16.1 Å². The molecule has 1 heterocycles. The summed E-state index contributed by atoms with van der Waals surface area (Å²) in [6.45, 7) is 2.01. The Morgan fingerprint density at radius 3 is 2.24 bits per heavy atom. The number of hydrogen-bond donors (Lipinski definition) is 1. The van der Waals surface area contributed by atoms with Crippen molar-refractivity contribution in [1.29, 1.82) is 0 Å². The number of carbonyl (C=O) groups is 2. The molecule has 0 aliphatic heterocycles. The molecule has 1 fully saturated rings. The molecule has 0 spiro atoms. The highest BCUT2D eigenvalue weighted by atomic mass is 19.1. The predicted molar refractivity (Wildman–Crippen MR) is 152 cm³/mol. The number of benzene rings is 3. The van der Waals surface area contributed by atoms with Crippen LogP contribution in [-0.4, -0.2) is 44.7 Å². The fourth-order valence-corrected chi connectivity index (χ4v) is 5.12. The molecule has 0 radical (unpaired) electrons. The zero-order valence-corrected chi connectivity index (χ0v) is 23.2. The standard InChI is InChI=1S/C31H32F2N6O3/c1-2-42-27-18-10-21(11-19-27)29(31(41)34-25-6-4-3-5-7-25)39(26-16-14-24(33)15-17-26)28(40)20-38-36-30(35-37-38)22-8-12-23(32)13-9-22/h8-19,25,29H,2-7,20H2,1H3,(H,34,41). The molecular formula is C31H32F2N6O3. The molecule has 42 heavy (non-hydrogen) atoms. The average molecular weight is 575 g/mol. The summed E-state index contributed by atoms with van der Waals surface area (Å²) in [7, 11) is 0. The molecule has 9 nitrogen and oxygen atoms in total. The van der Waals surface area contributed by atoms with Gasteiger partial charge in [0.15, 0.2) is 0 Å². The Labute approximate surface area is 242 Å². The number of ether oxygens (including phenoxy) is 1. The fourth-order valence-electron chi connectivity index (χ4n) is 5.12. The molecule has 1 saturated carbocycles. The number of aromatic nitrogens is 4. The summed E-state index contributed by atoms with van der Waals surface area (Å²) in [4.78, 5) is 30.5. The lowest BCUT2D eigenvalue weighted by atomic mass is 9.94. The molecule has 218 valence electrons. The fraction of sp³-hybridized carbons (Fsp3) is 0.323. The first kappa shape index (κ1) is 28.8. The van der Waals surface area contributed by atoms with Crippen molar-refractivity contribution in [3.05, 3.63) is 90.0 Å². The van der Waals surface area contributed by atoms with E-state index in [4.69, 9.17) is 4.74 Å². The number of nitrogens with one attached hydrogen (secondary N) is 1. The van der Waals surface area contributed by atoms with Crippen LogP contribution in [0, 0.1) is 11.6 Å². The molecule has 11 heteroatoms. The van der Waals surface area contributed by atoms with Crippen molar-refractivity contribution in [2.45, 2.75) is 57.7 Å². The predicted octanol–water partition coefficient (Wildman–Crippen LogP) is 5.24. The van der Waals surface area contributed by atoms with Crippen molar-refractivity contribution in [2.24, 2.45) is 0 Å². The zero-order chi connectivity index (χ0) is 29.5. The van der Waals surface area contributed by atoms with Crippen molar-refractivity contribution >= 4 is 17.5 Å². The molecule has 1 aromatic heterocycles. The van der Waals surface area contributed by atoms with Gasteiger partial charge in [-0.1, -0.05) is 31.4 Å². The minimum Gasteiger partial charge on any atom is -0.494 e. The van der Waals surface area contributed by atoms with Crippen LogP contribution in [0.3, 0.4) is 0 Å². The van der Waals surface area contributed by atoms with Gasteiger partial charge in [-0.25, -0.2) is 8.78 Å². The Kier molecular flexibility index (Phi) is 9.15. The molecule has 1 atom stereocenters. The normalized spacial score (nSPS) is 14.3. The van der Waals surface area contributed by atoms with Gasteiger partial charge in [-0.05, 0) is 91.2 Å². The lowest BCUT2D eigenvalue weighted by molar-refractivity contribution is -0.127. The number of tetrazole rings is 1. The molecule has 3 aromatic carbocycles. The number of rotatable bonds is 10. The minimum absolute atomic E-state index is 0.00290. The molecule has 1 aliphatic rings. The second kappa shape index (κ2) is 13.3. The first-order chi connectivity index (χ1) is 20.4. The van der Waals surface area contributed by atoms with Crippen LogP contribution in [0.15, 0.2) is 72.8 Å². The third-order valence-corrected chi connectivity index (χ3v) is 7.17. The monoisotopic (exact) mass is 574 g/mol. The average Bonchev–Trinajstić information content (AvgIpc) is 3.46. The van der Waals surface area contributed by atoms with E-state index < -0.39 is 23.6 Å². The maximum atomic E-state index is 14.0. The van der Waals surface area contributed by atoms with Gasteiger partial charge in [-0.3, -0.25) is 14.5 Å². The molecular weight excluding hydrogens is 542 g/mol. The van der Waals surface area contributed by atoms with E-state index >= 15 is 0 Å². The van der Waals surface area contributed by atoms with Crippen LogP contribution in [0.1, 0.15) is 50.6 Å². The van der Waals surface area contributed by atoms with Crippen molar-refractivity contribution in [2.75, 3.05) is 11.5 Å². The first-order valence-electron chi connectivity index (χ1n) is 14.1. The van der Waals surface area contributed by atoms with E-state index in [0.717, 1.165) is 36.9 Å². The molecule has 4 aromatic rings. The van der Waals surface area contributed by atoms with Gasteiger partial charge in [0.1, 0.15) is 30.0 Å². The Bertz CT molecular complexity index is 1490. The third kappa shape index (κ3) is 6.96. The highest BCUT2D eigenvalue weighted by Gasteiger charge is 2.34. The summed E-state index contributed by atoms with van der Waals surface area (Å²) < 4.78 is 32.9. The second-order valence-corrected chi connectivity index (χ2v) is 10.1. The Hall–Kier alpha value is -4.67. The molecule has 0 saturated heterocycles. The minimum atomic E-state index is -1.07. The molecule has 0 bridgehead atoms. The smallest absolute Gasteiger partial charge is 0.251 e. The number of nitrogens with zero attached hydrogens (tertiary/aromatic N) is 5. The van der Waals surface area contributed by atoms with Crippen molar-refractivity contribution in [3.8, 4) is 17.1 Å². The largest absolute Gasteiger partial charge is 0.494 e. The van der Waals surface area contributed by atoms with Gasteiger partial charge in [-0.15, -0.1) is 10.2 Å². The van der Waals surface area contributed by atoms with E-state index in [-0.39, 0.29) is 24.3 Å². The second-order valence-electron chi connectivity index (χ2n) is 10.1. The molecule has 1 N–H and O–H groups in total. The number of hydrogen-bond acceptors (Lipinski definition) is 6. The third-order valence-electron chi connectivity index (χ3n) is 7.17. The maximum absolute atomic E-state index is 14.0. The van der Waals surface area contributed by atoms with Gasteiger partial charge < -0.3 is 10.1 Å². The van der Waals surface area contributed by atoms with Gasteiger partial charge in [0.25, 0.3) is 5.91 Å². The topological polar surface area (TPSA) is 102 Å². The van der Waals surface area contributed by atoms with Crippen molar-refractivity contribution < 1.29 is 23.1 Å². The highest BCUT2D eigenvalue weighted by Crippen LogP contribution is 2.31. The summed E-state index contributed by atoms with van der Waals surface area (Å²) in [6, 6.07) is 16.9. The summed E-state index contributed by atoms with van der Waals surface area (Å²) in [5.74, 6) is -0.883. The quantitative estimate of drug-likeness (QED) is 0.278. The number of carbonyl (C=O) groups excluding carboxylic acids is 2. The van der Waals surface area contributed by atoms with E-state index in [1.54, 1.807) is 24.3 Å². The zero-order valence-electron chi connectivity index (χ0n) is 23.2. The summed E-state index contributed by atoms with van der Waals surface area (Å²) in [6.07, 6.45) is 4.89. The molecule has 5 rings (SSSR count). The summed E-state index contributed by atoms with van der Waals surface area (Å²) in [5, 5.41) is 15.4. The van der Waals surface area contributed by atoms with Crippen molar-refractivity contribution in [1.82, 2.24) is 25.5 Å². The summed E-state index contributed by atoms with van der Waals surface area (Å²) >= 11 is 0. The number of anilines is 1.